The van der Waals surface area contributed by atoms with Gasteiger partial charge in [0.15, 0.2) is 0 Å². The van der Waals surface area contributed by atoms with Crippen molar-refractivity contribution in [2.24, 2.45) is 5.92 Å². The molecule has 0 saturated heterocycles. The molecule has 2 aromatic rings. The molecule has 1 aliphatic heterocycles. The number of hydrogen-bond acceptors (Lipinski definition) is 4. The summed E-state index contributed by atoms with van der Waals surface area (Å²) in [5.41, 5.74) is -1.30. The first-order chi connectivity index (χ1) is 13.4. The number of carbonyl (C=O) groups excluding carboxylic acids is 2. The minimum atomic E-state index is -4.76. The Hall–Kier alpha value is -2.79. The molecule has 1 heterocycles. The maximum absolute atomic E-state index is 13.0. The number of nitrogens with one attached hydrogen (secondary N) is 3. The van der Waals surface area contributed by atoms with Gasteiger partial charge in [-0.2, -0.15) is 13.2 Å². The lowest BCUT2D eigenvalue weighted by molar-refractivity contribution is -0.137. The third-order valence-electron chi connectivity index (χ3n) is 4.13. The minimum Gasteiger partial charge on any atom is -0.324 e. The summed E-state index contributed by atoms with van der Waals surface area (Å²) < 4.78 is 66.2. The third kappa shape index (κ3) is 4.30. The highest BCUT2D eigenvalue weighted by Gasteiger charge is 2.34. The molecule has 0 radical (unpaired) electrons. The molecule has 3 rings (SSSR count). The zero-order chi connectivity index (χ0) is 21.6. The van der Waals surface area contributed by atoms with Gasteiger partial charge in [0.05, 0.1) is 26.9 Å². The predicted octanol–water partition coefficient (Wildman–Crippen LogP) is 3.69. The molecule has 3 N–H and O–H groups in total. The number of carbonyl (C=O) groups is 2. The Morgan fingerprint density at radius 1 is 1.00 bits per heavy atom. The molecule has 12 heteroatoms. The van der Waals surface area contributed by atoms with Gasteiger partial charge in [-0.25, -0.2) is 8.42 Å². The van der Waals surface area contributed by atoms with Gasteiger partial charge in [0, 0.05) is 5.69 Å². The summed E-state index contributed by atoms with van der Waals surface area (Å²) in [5, 5.41) is 4.35. The summed E-state index contributed by atoms with van der Waals surface area (Å²) in [6.07, 6.45) is -4.76. The zero-order valence-electron chi connectivity index (χ0n) is 14.6. The minimum absolute atomic E-state index is 0.0441. The van der Waals surface area contributed by atoms with E-state index in [0.29, 0.717) is 6.07 Å². The molecule has 1 aliphatic rings. The molecular weight excluding hydrogens is 435 g/mol. The Morgan fingerprint density at radius 2 is 1.62 bits per heavy atom. The topological polar surface area (TPSA) is 104 Å². The van der Waals surface area contributed by atoms with Crippen LogP contribution in [0, 0.1) is 5.92 Å². The molecule has 2 amide bonds. The Morgan fingerprint density at radius 3 is 2.24 bits per heavy atom. The molecule has 0 spiro atoms. The standard InChI is InChI=1S/C17H13ClF3N3O4S/c1-8-15(25)22-13-5-3-10(7-14(13)23-16(8)26)29(27,28)24-9-2-4-12(18)11(6-9)17(19,20)21/h2-8,24H,1H3,(H,22,25)(H,23,26). The number of rotatable bonds is 3. The highest BCUT2D eigenvalue weighted by Crippen LogP contribution is 2.37. The lowest BCUT2D eigenvalue weighted by atomic mass is 10.1. The largest absolute Gasteiger partial charge is 0.417 e. The second-order valence-corrected chi connectivity index (χ2v) is 8.30. The van der Waals surface area contributed by atoms with E-state index in [1.165, 1.54) is 13.0 Å². The van der Waals surface area contributed by atoms with Gasteiger partial charge in [0.2, 0.25) is 11.8 Å². The average molecular weight is 448 g/mol. The number of fused-ring (bicyclic) bond motifs is 1. The van der Waals surface area contributed by atoms with Crippen molar-refractivity contribution in [3.63, 3.8) is 0 Å². The van der Waals surface area contributed by atoms with Gasteiger partial charge in [0.25, 0.3) is 10.0 Å². The van der Waals surface area contributed by atoms with Crippen LogP contribution >= 0.6 is 11.6 Å². The summed E-state index contributed by atoms with van der Waals surface area (Å²) in [6, 6.07) is 6.09. The van der Waals surface area contributed by atoms with E-state index in [1.807, 2.05) is 4.72 Å². The van der Waals surface area contributed by atoms with Gasteiger partial charge < -0.3 is 10.6 Å². The van der Waals surface area contributed by atoms with Crippen LogP contribution in [-0.4, -0.2) is 20.2 Å². The summed E-state index contributed by atoms with van der Waals surface area (Å²) in [7, 11) is -4.30. The number of benzene rings is 2. The van der Waals surface area contributed by atoms with Crippen molar-refractivity contribution < 1.29 is 31.2 Å². The van der Waals surface area contributed by atoms with Crippen LogP contribution in [0.2, 0.25) is 5.02 Å². The summed E-state index contributed by atoms with van der Waals surface area (Å²) in [4.78, 5) is 23.5. The monoisotopic (exact) mass is 447 g/mol. The maximum atomic E-state index is 13.0. The van der Waals surface area contributed by atoms with Crippen LogP contribution in [0.25, 0.3) is 0 Å². The van der Waals surface area contributed by atoms with Gasteiger partial charge >= 0.3 is 6.18 Å². The summed E-state index contributed by atoms with van der Waals surface area (Å²) >= 11 is 5.53. The van der Waals surface area contributed by atoms with Gasteiger partial charge in [0.1, 0.15) is 5.92 Å². The smallest absolute Gasteiger partial charge is 0.324 e. The van der Waals surface area contributed by atoms with E-state index in [2.05, 4.69) is 10.6 Å². The fourth-order valence-corrected chi connectivity index (χ4v) is 3.82. The first-order valence-corrected chi connectivity index (χ1v) is 9.90. The quantitative estimate of drug-likeness (QED) is 0.624. The normalized spacial score (nSPS) is 17.1. The molecule has 2 aromatic carbocycles. The lowest BCUT2D eigenvalue weighted by Crippen LogP contribution is -2.28. The molecule has 0 fully saturated rings. The predicted molar refractivity (Wildman–Crippen MR) is 100 cm³/mol. The van der Waals surface area contributed by atoms with Crippen molar-refractivity contribution in [3.8, 4) is 0 Å². The SMILES string of the molecule is CC1C(=O)Nc2ccc(S(=O)(=O)Nc3ccc(Cl)c(C(F)(F)F)c3)cc2NC1=O. The molecule has 154 valence electrons. The molecule has 0 aromatic heterocycles. The molecule has 1 atom stereocenters. The fourth-order valence-electron chi connectivity index (χ4n) is 2.52. The maximum Gasteiger partial charge on any atom is 0.417 e. The van der Waals surface area contributed by atoms with Crippen LogP contribution in [0.4, 0.5) is 30.2 Å². The Balaban J connectivity index is 1.95. The fraction of sp³-hybridized carbons (Fsp3) is 0.176. The second-order valence-electron chi connectivity index (χ2n) is 6.21. The van der Waals surface area contributed by atoms with Crippen LogP contribution in [0.5, 0.6) is 0 Å². The van der Waals surface area contributed by atoms with E-state index in [9.17, 15) is 31.2 Å². The molecule has 29 heavy (non-hydrogen) atoms. The third-order valence-corrected chi connectivity index (χ3v) is 5.84. The Labute approximate surface area is 168 Å². The number of alkyl halides is 3. The first kappa shape index (κ1) is 20.9. The zero-order valence-corrected chi connectivity index (χ0v) is 16.2. The summed E-state index contributed by atoms with van der Waals surface area (Å²) in [5.74, 6) is -2.18. The highest BCUT2D eigenvalue weighted by molar-refractivity contribution is 7.92. The van der Waals surface area contributed by atoms with Crippen molar-refractivity contribution >= 4 is 50.5 Å². The lowest BCUT2D eigenvalue weighted by Gasteiger charge is -2.14. The Bertz CT molecular complexity index is 1120. The van der Waals surface area contributed by atoms with Crippen molar-refractivity contribution in [3.05, 3.63) is 47.0 Å². The van der Waals surface area contributed by atoms with Gasteiger partial charge in [-0.1, -0.05) is 11.6 Å². The molecule has 7 nitrogen and oxygen atoms in total. The first-order valence-electron chi connectivity index (χ1n) is 8.04. The Kier molecular flexibility index (Phi) is 5.22. The van der Waals surface area contributed by atoms with Crippen LogP contribution < -0.4 is 15.4 Å². The number of hydrogen-bond donors (Lipinski definition) is 3. The van der Waals surface area contributed by atoms with E-state index >= 15 is 0 Å². The molecule has 0 bridgehead atoms. The number of sulfonamides is 1. The van der Waals surface area contributed by atoms with Crippen LogP contribution in [0.1, 0.15) is 12.5 Å². The van der Waals surface area contributed by atoms with Gasteiger partial charge in [-0.05, 0) is 43.3 Å². The van der Waals surface area contributed by atoms with E-state index in [0.717, 1.165) is 24.3 Å². The van der Waals surface area contributed by atoms with Crippen LogP contribution in [0.3, 0.4) is 0 Å². The molecule has 0 saturated carbocycles. The number of amides is 2. The molecular formula is C17H13ClF3N3O4S. The molecule has 0 aliphatic carbocycles. The second kappa shape index (κ2) is 7.23. The molecule has 1 unspecified atom stereocenters. The van der Waals surface area contributed by atoms with Gasteiger partial charge in [-0.3, -0.25) is 14.3 Å². The number of halogens is 4. The van der Waals surface area contributed by atoms with E-state index in [1.54, 1.807) is 0 Å². The van der Waals surface area contributed by atoms with Crippen molar-refractivity contribution in [1.82, 2.24) is 0 Å². The van der Waals surface area contributed by atoms with E-state index < -0.39 is 44.5 Å². The van der Waals surface area contributed by atoms with Gasteiger partial charge in [-0.15, -0.1) is 0 Å². The van der Waals surface area contributed by atoms with E-state index in [-0.39, 0.29) is 22.0 Å². The van der Waals surface area contributed by atoms with Crippen molar-refractivity contribution in [2.75, 3.05) is 15.4 Å². The van der Waals surface area contributed by atoms with Crippen LogP contribution in [-0.2, 0) is 25.8 Å². The number of anilines is 3. The highest BCUT2D eigenvalue weighted by atomic mass is 35.5. The van der Waals surface area contributed by atoms with E-state index in [4.69, 9.17) is 11.6 Å². The summed E-state index contributed by atoms with van der Waals surface area (Å²) in [6.45, 7) is 1.38. The van der Waals surface area contributed by atoms with Crippen molar-refractivity contribution in [2.45, 2.75) is 18.0 Å². The van der Waals surface area contributed by atoms with Crippen LogP contribution in [0.15, 0.2) is 41.3 Å². The van der Waals surface area contributed by atoms with Crippen molar-refractivity contribution in [1.29, 1.82) is 0 Å². The average Bonchev–Trinajstić information content (AvgIpc) is 2.72.